The molecule has 1 saturated carbocycles. The van der Waals surface area contributed by atoms with Crippen LogP contribution in [0.2, 0.25) is 0 Å². The summed E-state index contributed by atoms with van der Waals surface area (Å²) in [5.41, 5.74) is 0. The van der Waals surface area contributed by atoms with Gasteiger partial charge in [0.2, 0.25) is 0 Å². The van der Waals surface area contributed by atoms with E-state index in [1.807, 2.05) is 24.3 Å². The summed E-state index contributed by atoms with van der Waals surface area (Å²) in [6.07, 6.45) is 15.4. The molecule has 0 amide bonds. The highest BCUT2D eigenvalue weighted by molar-refractivity contribution is 5.83. The van der Waals surface area contributed by atoms with Gasteiger partial charge in [-0.1, -0.05) is 50.5 Å². The minimum atomic E-state index is -0.767. The molecule has 136 valence electrons. The molecule has 0 saturated heterocycles. The van der Waals surface area contributed by atoms with Crippen LogP contribution in [0.15, 0.2) is 24.3 Å². The van der Waals surface area contributed by atoms with Crippen LogP contribution in [-0.4, -0.2) is 28.1 Å². The standard InChI is InChI=1S/C20H32O4/c1-2-3-6-9-17(21)14-12-16-13-15-19(22)18(16)10-7-4-5-8-11-20(23)24/h4,7,12,14,16-18,21H,2-3,5-6,8-11,13,15H2,1H3,(H,23,24)/b7-4-,14-12+/t16-,17-,18-/m0/s1. The normalized spacial score (nSPS) is 22.7. The van der Waals surface area contributed by atoms with Crippen LogP contribution in [0, 0.1) is 11.8 Å². The van der Waals surface area contributed by atoms with Gasteiger partial charge in [-0.25, -0.2) is 0 Å². The number of carbonyl (C=O) groups is 2. The molecular weight excluding hydrogens is 304 g/mol. The number of aliphatic hydroxyl groups is 1. The molecule has 0 spiro atoms. The topological polar surface area (TPSA) is 74.6 Å². The monoisotopic (exact) mass is 336 g/mol. The van der Waals surface area contributed by atoms with Gasteiger partial charge in [0.1, 0.15) is 5.78 Å². The number of Topliss-reactive ketones (excluding diaryl/α,β-unsaturated/α-hetero) is 1. The van der Waals surface area contributed by atoms with E-state index in [2.05, 4.69) is 6.92 Å². The Morgan fingerprint density at radius 3 is 2.79 bits per heavy atom. The van der Waals surface area contributed by atoms with Crippen LogP contribution >= 0.6 is 0 Å². The zero-order valence-corrected chi connectivity index (χ0v) is 14.8. The van der Waals surface area contributed by atoms with Crippen LogP contribution in [0.25, 0.3) is 0 Å². The summed E-state index contributed by atoms with van der Waals surface area (Å²) in [6.45, 7) is 2.14. The third-order valence-electron chi connectivity index (χ3n) is 4.66. The summed E-state index contributed by atoms with van der Waals surface area (Å²) < 4.78 is 0. The highest BCUT2D eigenvalue weighted by Crippen LogP contribution is 2.33. The van der Waals surface area contributed by atoms with E-state index in [9.17, 15) is 14.7 Å². The van der Waals surface area contributed by atoms with E-state index in [0.29, 0.717) is 25.0 Å². The van der Waals surface area contributed by atoms with Crippen molar-refractivity contribution in [3.05, 3.63) is 24.3 Å². The fourth-order valence-electron chi connectivity index (χ4n) is 3.17. The molecule has 1 fully saturated rings. The second-order valence-electron chi connectivity index (χ2n) is 6.72. The van der Waals surface area contributed by atoms with Crippen molar-refractivity contribution in [1.82, 2.24) is 0 Å². The van der Waals surface area contributed by atoms with Crippen LogP contribution in [0.4, 0.5) is 0 Å². The highest BCUT2D eigenvalue weighted by Gasteiger charge is 2.31. The Hall–Kier alpha value is -1.42. The minimum Gasteiger partial charge on any atom is -0.481 e. The predicted octanol–water partition coefficient (Wildman–Crippen LogP) is 4.28. The first-order valence-electron chi connectivity index (χ1n) is 9.30. The van der Waals surface area contributed by atoms with Crippen molar-refractivity contribution in [2.24, 2.45) is 11.8 Å². The SMILES string of the molecule is CCCCC[C@H](O)/C=C/[C@H]1CCC(=O)[C@H]1C/C=C\CCCC(=O)O. The summed E-state index contributed by atoms with van der Waals surface area (Å²) in [4.78, 5) is 22.5. The second kappa shape index (κ2) is 12.0. The number of hydrogen-bond donors (Lipinski definition) is 2. The average molecular weight is 336 g/mol. The van der Waals surface area contributed by atoms with Crippen molar-refractivity contribution in [2.75, 3.05) is 0 Å². The lowest BCUT2D eigenvalue weighted by molar-refractivity contribution is -0.137. The Morgan fingerprint density at radius 2 is 2.08 bits per heavy atom. The number of carboxylic acid groups (broad SMARTS) is 1. The van der Waals surface area contributed by atoms with Gasteiger partial charge in [-0.05, 0) is 38.0 Å². The number of allylic oxidation sites excluding steroid dienone is 3. The van der Waals surface area contributed by atoms with Crippen LogP contribution in [0.1, 0.15) is 71.1 Å². The molecule has 4 nitrogen and oxygen atoms in total. The lowest BCUT2D eigenvalue weighted by Gasteiger charge is -2.13. The van der Waals surface area contributed by atoms with Gasteiger partial charge in [0.05, 0.1) is 6.10 Å². The molecule has 4 heteroatoms. The first-order chi connectivity index (χ1) is 11.5. The van der Waals surface area contributed by atoms with Crippen molar-refractivity contribution in [3.63, 3.8) is 0 Å². The Labute approximate surface area is 145 Å². The van der Waals surface area contributed by atoms with Crippen molar-refractivity contribution >= 4 is 11.8 Å². The Morgan fingerprint density at radius 1 is 1.29 bits per heavy atom. The van der Waals surface area contributed by atoms with Crippen LogP contribution in [-0.2, 0) is 9.59 Å². The molecule has 0 aromatic heterocycles. The summed E-state index contributed by atoms with van der Waals surface area (Å²) >= 11 is 0. The molecule has 0 aliphatic heterocycles. The number of unbranched alkanes of at least 4 members (excludes halogenated alkanes) is 3. The number of carbonyl (C=O) groups excluding carboxylic acids is 1. The van der Waals surface area contributed by atoms with Crippen molar-refractivity contribution in [3.8, 4) is 0 Å². The molecule has 0 aromatic rings. The van der Waals surface area contributed by atoms with Gasteiger partial charge in [0, 0.05) is 18.8 Å². The molecular formula is C20H32O4. The van der Waals surface area contributed by atoms with E-state index < -0.39 is 12.1 Å². The lowest BCUT2D eigenvalue weighted by atomic mass is 9.91. The molecule has 24 heavy (non-hydrogen) atoms. The molecule has 0 bridgehead atoms. The van der Waals surface area contributed by atoms with Crippen LogP contribution < -0.4 is 0 Å². The largest absolute Gasteiger partial charge is 0.481 e. The average Bonchev–Trinajstić information content (AvgIpc) is 2.89. The summed E-state index contributed by atoms with van der Waals surface area (Å²) in [5.74, 6) is -0.223. The van der Waals surface area contributed by atoms with Gasteiger partial charge >= 0.3 is 5.97 Å². The number of carboxylic acids is 1. The Kier molecular flexibility index (Phi) is 10.3. The minimum absolute atomic E-state index is 0.0137. The van der Waals surface area contributed by atoms with E-state index in [1.165, 1.54) is 0 Å². The number of aliphatic hydroxyl groups excluding tert-OH is 1. The predicted molar refractivity (Wildman–Crippen MR) is 95.8 cm³/mol. The zero-order chi connectivity index (χ0) is 17.8. The van der Waals surface area contributed by atoms with Gasteiger partial charge in [0.25, 0.3) is 0 Å². The van der Waals surface area contributed by atoms with E-state index in [0.717, 1.165) is 38.5 Å². The Bertz CT molecular complexity index is 439. The number of rotatable bonds is 12. The zero-order valence-electron chi connectivity index (χ0n) is 14.8. The smallest absolute Gasteiger partial charge is 0.303 e. The Balaban J connectivity index is 2.37. The van der Waals surface area contributed by atoms with Crippen molar-refractivity contribution < 1.29 is 19.8 Å². The first kappa shape index (κ1) is 20.6. The molecule has 2 N–H and O–H groups in total. The third-order valence-corrected chi connectivity index (χ3v) is 4.66. The fourth-order valence-corrected chi connectivity index (χ4v) is 3.17. The first-order valence-corrected chi connectivity index (χ1v) is 9.30. The van der Waals surface area contributed by atoms with Crippen molar-refractivity contribution in [1.29, 1.82) is 0 Å². The van der Waals surface area contributed by atoms with Crippen LogP contribution in [0.3, 0.4) is 0 Å². The van der Waals surface area contributed by atoms with Gasteiger partial charge in [-0.15, -0.1) is 0 Å². The maximum atomic E-state index is 12.0. The number of ketones is 1. The summed E-state index contributed by atoms with van der Waals surface area (Å²) in [7, 11) is 0. The van der Waals surface area contributed by atoms with Gasteiger partial charge in [-0.2, -0.15) is 0 Å². The maximum Gasteiger partial charge on any atom is 0.303 e. The molecule has 0 unspecified atom stereocenters. The van der Waals surface area contributed by atoms with Crippen molar-refractivity contribution in [2.45, 2.75) is 77.2 Å². The maximum absolute atomic E-state index is 12.0. The number of aliphatic carboxylic acids is 1. The third kappa shape index (κ3) is 8.44. The van der Waals surface area contributed by atoms with E-state index in [-0.39, 0.29) is 18.3 Å². The summed E-state index contributed by atoms with van der Waals surface area (Å²) in [5, 5.41) is 18.6. The summed E-state index contributed by atoms with van der Waals surface area (Å²) in [6, 6.07) is 0. The number of hydrogen-bond acceptors (Lipinski definition) is 3. The molecule has 0 radical (unpaired) electrons. The highest BCUT2D eigenvalue weighted by atomic mass is 16.4. The molecule has 1 aliphatic rings. The molecule has 1 rings (SSSR count). The molecule has 3 atom stereocenters. The van der Waals surface area contributed by atoms with Gasteiger partial charge < -0.3 is 10.2 Å². The van der Waals surface area contributed by atoms with E-state index >= 15 is 0 Å². The molecule has 1 aliphatic carbocycles. The van der Waals surface area contributed by atoms with E-state index in [1.54, 1.807) is 0 Å². The quantitative estimate of drug-likeness (QED) is 0.412. The van der Waals surface area contributed by atoms with E-state index in [4.69, 9.17) is 5.11 Å². The molecule has 0 aromatic carbocycles. The second-order valence-corrected chi connectivity index (χ2v) is 6.72. The van der Waals surface area contributed by atoms with Gasteiger partial charge in [0.15, 0.2) is 0 Å². The van der Waals surface area contributed by atoms with Crippen LogP contribution in [0.5, 0.6) is 0 Å². The fraction of sp³-hybridized carbons (Fsp3) is 0.700. The lowest BCUT2D eigenvalue weighted by Crippen LogP contribution is -2.13. The van der Waals surface area contributed by atoms with Gasteiger partial charge in [-0.3, -0.25) is 9.59 Å². The molecule has 0 heterocycles.